The van der Waals surface area contributed by atoms with Crippen molar-refractivity contribution < 1.29 is 8.42 Å². The molecule has 0 bridgehead atoms. The van der Waals surface area contributed by atoms with E-state index in [0.717, 1.165) is 16.3 Å². The predicted molar refractivity (Wildman–Crippen MR) is 61.9 cm³/mol. The summed E-state index contributed by atoms with van der Waals surface area (Å²) in [6.45, 7) is 1.92. The summed E-state index contributed by atoms with van der Waals surface area (Å²) in [6.07, 6.45) is 2.71. The highest BCUT2D eigenvalue weighted by Gasteiger charge is 2.23. The molecule has 0 saturated heterocycles. The molecule has 0 atom stereocenters. The normalized spacial score (nSPS) is 12.2. The Labute approximate surface area is 103 Å². The Morgan fingerprint density at radius 2 is 2.24 bits per heavy atom. The molecule has 2 rings (SSSR count). The molecule has 2 heterocycles. The Hall–Kier alpha value is -1.32. The van der Waals surface area contributed by atoms with Crippen LogP contribution in [0.5, 0.6) is 0 Å². The lowest BCUT2D eigenvalue weighted by Crippen LogP contribution is -2.26. The molecule has 0 aromatic carbocycles. The first-order valence-electron chi connectivity index (χ1n) is 4.73. The highest BCUT2D eigenvalue weighted by molar-refractivity contribution is 7.91. The molecule has 0 amide bonds. The quantitative estimate of drug-likeness (QED) is 0.870. The maximum Gasteiger partial charge on any atom is 0.254 e. The van der Waals surface area contributed by atoms with Gasteiger partial charge < -0.3 is 0 Å². The molecule has 1 N–H and O–H groups in total. The number of H-pyrrole nitrogens is 1. The Morgan fingerprint density at radius 1 is 1.47 bits per heavy atom. The van der Waals surface area contributed by atoms with Crippen LogP contribution in [0.1, 0.15) is 10.8 Å². The minimum absolute atomic E-state index is 0.152. The largest absolute Gasteiger partial charge is 0.262 e. The van der Waals surface area contributed by atoms with Crippen LogP contribution in [-0.2, 0) is 16.6 Å². The van der Waals surface area contributed by atoms with Crippen LogP contribution in [0.4, 0.5) is 0 Å². The van der Waals surface area contributed by atoms with Gasteiger partial charge in [-0.1, -0.05) is 0 Å². The molecule has 0 spiro atoms. The number of hydrogen-bond donors (Lipinski definition) is 1. The topological polar surface area (TPSA) is 91.8 Å². The molecular weight excluding hydrogens is 262 g/mol. The summed E-state index contributed by atoms with van der Waals surface area (Å²) < 4.78 is 25.7. The van der Waals surface area contributed by atoms with Crippen LogP contribution in [-0.4, -0.2) is 39.9 Å². The molecule has 17 heavy (non-hydrogen) atoms. The lowest BCUT2D eigenvalue weighted by atomic mass is 10.6. The molecule has 92 valence electrons. The molecule has 0 aliphatic rings. The lowest BCUT2D eigenvalue weighted by molar-refractivity contribution is 0.458. The Kier molecular flexibility index (Phi) is 3.22. The van der Waals surface area contributed by atoms with Crippen molar-refractivity contribution in [1.29, 1.82) is 0 Å². The van der Waals surface area contributed by atoms with Crippen LogP contribution in [0.3, 0.4) is 0 Å². The van der Waals surface area contributed by atoms with Crippen LogP contribution < -0.4 is 0 Å². The molecule has 0 aliphatic carbocycles. The standard InChI is InChI=1S/C8H11N5O2S2/c1-6-9-3-8(16-6)17(14,15)13(2)4-7-10-5-11-12-7/h3,5H,4H2,1-2H3,(H,10,11,12). The average molecular weight is 273 g/mol. The van der Waals surface area contributed by atoms with Crippen molar-refractivity contribution in [2.75, 3.05) is 7.05 Å². The third kappa shape index (κ3) is 2.51. The zero-order valence-corrected chi connectivity index (χ0v) is 10.9. The van der Waals surface area contributed by atoms with E-state index in [9.17, 15) is 8.42 Å². The summed E-state index contributed by atoms with van der Waals surface area (Å²) in [5.41, 5.74) is 0. The second-order valence-corrected chi connectivity index (χ2v) is 6.90. The maximum atomic E-state index is 12.1. The van der Waals surface area contributed by atoms with Crippen LogP contribution in [0.25, 0.3) is 0 Å². The van der Waals surface area contributed by atoms with Crippen molar-refractivity contribution in [3.05, 3.63) is 23.4 Å². The fraction of sp³-hybridized carbons (Fsp3) is 0.375. The molecule has 9 heteroatoms. The van der Waals surface area contributed by atoms with E-state index in [1.54, 1.807) is 6.92 Å². The van der Waals surface area contributed by atoms with Crippen molar-refractivity contribution in [2.45, 2.75) is 17.7 Å². The summed E-state index contributed by atoms with van der Waals surface area (Å²) in [5.74, 6) is 0.498. The van der Waals surface area contributed by atoms with Crippen molar-refractivity contribution in [2.24, 2.45) is 0 Å². The Morgan fingerprint density at radius 3 is 2.76 bits per heavy atom. The fourth-order valence-electron chi connectivity index (χ4n) is 1.22. The van der Waals surface area contributed by atoms with E-state index in [-0.39, 0.29) is 10.8 Å². The van der Waals surface area contributed by atoms with E-state index in [1.807, 2.05) is 0 Å². The summed E-state index contributed by atoms with van der Waals surface area (Å²) in [4.78, 5) is 7.82. The number of aromatic nitrogens is 4. The molecule has 0 radical (unpaired) electrons. The molecule has 0 unspecified atom stereocenters. The van der Waals surface area contributed by atoms with Crippen LogP contribution >= 0.6 is 11.3 Å². The van der Waals surface area contributed by atoms with E-state index in [1.165, 1.54) is 23.9 Å². The van der Waals surface area contributed by atoms with Crippen LogP contribution in [0.2, 0.25) is 0 Å². The smallest absolute Gasteiger partial charge is 0.254 e. The Balaban J connectivity index is 2.21. The van der Waals surface area contributed by atoms with Crippen molar-refractivity contribution in [3.63, 3.8) is 0 Å². The van der Waals surface area contributed by atoms with Crippen LogP contribution in [0, 0.1) is 6.92 Å². The monoisotopic (exact) mass is 273 g/mol. The van der Waals surface area contributed by atoms with Gasteiger partial charge in [-0.3, -0.25) is 5.10 Å². The van der Waals surface area contributed by atoms with Gasteiger partial charge in [0.25, 0.3) is 10.0 Å². The van der Waals surface area contributed by atoms with Gasteiger partial charge in [0.05, 0.1) is 17.7 Å². The third-order valence-electron chi connectivity index (χ3n) is 2.10. The van der Waals surface area contributed by atoms with Gasteiger partial charge in [-0.15, -0.1) is 11.3 Å². The number of rotatable bonds is 4. The van der Waals surface area contributed by atoms with Crippen molar-refractivity contribution >= 4 is 21.4 Å². The van der Waals surface area contributed by atoms with E-state index in [2.05, 4.69) is 20.2 Å². The maximum absolute atomic E-state index is 12.1. The van der Waals surface area contributed by atoms with Gasteiger partial charge in [0.1, 0.15) is 12.2 Å². The number of nitrogens with one attached hydrogen (secondary N) is 1. The highest BCUT2D eigenvalue weighted by atomic mass is 32.2. The molecule has 2 aromatic heterocycles. The van der Waals surface area contributed by atoms with E-state index in [0.29, 0.717) is 5.82 Å². The second kappa shape index (κ2) is 4.51. The van der Waals surface area contributed by atoms with Gasteiger partial charge in [0.2, 0.25) is 0 Å². The summed E-state index contributed by atoms with van der Waals surface area (Å²) >= 11 is 1.15. The summed E-state index contributed by atoms with van der Waals surface area (Å²) in [6, 6.07) is 0. The summed E-state index contributed by atoms with van der Waals surface area (Å²) in [5, 5.41) is 7.00. The van der Waals surface area contributed by atoms with Gasteiger partial charge in [0.15, 0.2) is 4.21 Å². The zero-order chi connectivity index (χ0) is 12.5. The van der Waals surface area contributed by atoms with E-state index in [4.69, 9.17) is 0 Å². The second-order valence-electron chi connectivity index (χ2n) is 3.39. The zero-order valence-electron chi connectivity index (χ0n) is 9.28. The van der Waals surface area contributed by atoms with E-state index >= 15 is 0 Å². The van der Waals surface area contributed by atoms with Gasteiger partial charge in [-0.25, -0.2) is 18.4 Å². The molecule has 0 fully saturated rings. The first-order chi connectivity index (χ1) is 8.00. The van der Waals surface area contributed by atoms with Crippen LogP contribution in [0.15, 0.2) is 16.7 Å². The molecule has 2 aromatic rings. The first-order valence-corrected chi connectivity index (χ1v) is 6.99. The van der Waals surface area contributed by atoms with E-state index < -0.39 is 10.0 Å². The lowest BCUT2D eigenvalue weighted by Gasteiger charge is -2.13. The van der Waals surface area contributed by atoms with Gasteiger partial charge in [-0.2, -0.15) is 9.40 Å². The first kappa shape index (κ1) is 12.1. The van der Waals surface area contributed by atoms with Gasteiger partial charge in [0, 0.05) is 7.05 Å². The minimum atomic E-state index is -3.49. The number of sulfonamides is 1. The highest BCUT2D eigenvalue weighted by Crippen LogP contribution is 2.21. The average Bonchev–Trinajstić information content (AvgIpc) is 2.89. The van der Waals surface area contributed by atoms with Crippen molar-refractivity contribution in [1.82, 2.24) is 24.5 Å². The summed E-state index contributed by atoms with van der Waals surface area (Å²) in [7, 11) is -2.00. The van der Waals surface area contributed by atoms with Crippen molar-refractivity contribution in [3.8, 4) is 0 Å². The molecule has 7 nitrogen and oxygen atoms in total. The Bertz CT molecular complexity index is 589. The molecule has 0 saturated carbocycles. The number of nitrogens with zero attached hydrogens (tertiary/aromatic N) is 4. The number of hydrogen-bond acceptors (Lipinski definition) is 6. The molecular formula is C8H11N5O2S2. The third-order valence-corrected chi connectivity index (χ3v) is 5.25. The number of thiazole rings is 1. The fourth-order valence-corrected chi connectivity index (χ4v) is 3.67. The minimum Gasteiger partial charge on any atom is -0.262 e. The number of aromatic amines is 1. The van der Waals surface area contributed by atoms with Gasteiger partial charge >= 0.3 is 0 Å². The van der Waals surface area contributed by atoms with Gasteiger partial charge in [-0.05, 0) is 6.92 Å². The predicted octanol–water partition coefficient (Wildman–Crippen LogP) is 0.390. The number of aryl methyl sites for hydroxylation is 1. The SMILES string of the molecule is Cc1ncc(S(=O)(=O)N(C)Cc2ncn[nH]2)s1. The molecule has 0 aliphatic heterocycles.